The lowest BCUT2D eigenvalue weighted by Crippen LogP contribution is -2.62. The molecule has 3 heterocycles. The number of carbonyl (C=O) groups excluding carboxylic acids is 1. The second kappa shape index (κ2) is 6.61. The smallest absolute Gasteiger partial charge is 0.406 e. The first kappa shape index (κ1) is 18.5. The molecule has 3 aliphatic heterocycles. The second-order valence-electron chi connectivity index (χ2n) is 6.62. The summed E-state index contributed by atoms with van der Waals surface area (Å²) >= 11 is 1.16. The van der Waals surface area contributed by atoms with Gasteiger partial charge in [-0.25, -0.2) is 5.43 Å². The van der Waals surface area contributed by atoms with E-state index < -0.39 is 6.36 Å². The van der Waals surface area contributed by atoms with E-state index in [2.05, 4.69) is 15.5 Å². The standard InChI is InChI=1S/C17H18F3N3O3S/c1-21-23-15(24)14-12(9-16(23)4-6-25-7-5-16)22-11-3-2-10(8-13(11)27-14)26-17(18,19)20/h2-3,8,21-22H,4-7,9H2,1H3. The first-order valence-corrected chi connectivity index (χ1v) is 9.30. The zero-order valence-electron chi connectivity index (χ0n) is 14.5. The van der Waals surface area contributed by atoms with Crippen LogP contribution in [0.1, 0.15) is 19.3 Å². The van der Waals surface area contributed by atoms with Gasteiger partial charge in [0, 0.05) is 37.3 Å². The molecule has 2 N–H and O–H groups in total. The lowest BCUT2D eigenvalue weighted by Gasteiger charge is -2.49. The minimum absolute atomic E-state index is 0.189. The fourth-order valence-corrected chi connectivity index (χ4v) is 4.84. The van der Waals surface area contributed by atoms with Crippen molar-refractivity contribution in [3.05, 3.63) is 28.8 Å². The highest BCUT2D eigenvalue weighted by atomic mass is 32.2. The molecule has 0 bridgehead atoms. The van der Waals surface area contributed by atoms with Crippen molar-refractivity contribution >= 4 is 23.4 Å². The quantitative estimate of drug-likeness (QED) is 0.794. The van der Waals surface area contributed by atoms with E-state index in [1.807, 2.05) is 0 Å². The van der Waals surface area contributed by atoms with Gasteiger partial charge in [-0.15, -0.1) is 13.2 Å². The van der Waals surface area contributed by atoms with Crippen molar-refractivity contribution in [1.82, 2.24) is 10.4 Å². The molecule has 1 spiro atoms. The van der Waals surface area contributed by atoms with Gasteiger partial charge in [-0.3, -0.25) is 9.80 Å². The summed E-state index contributed by atoms with van der Waals surface area (Å²) in [7, 11) is 1.70. The number of thioether (sulfide) groups is 1. The number of halogens is 3. The molecule has 6 nitrogen and oxygen atoms in total. The van der Waals surface area contributed by atoms with E-state index in [9.17, 15) is 18.0 Å². The van der Waals surface area contributed by atoms with Crippen LogP contribution in [0.3, 0.4) is 0 Å². The van der Waals surface area contributed by atoms with Crippen LogP contribution >= 0.6 is 11.8 Å². The monoisotopic (exact) mass is 401 g/mol. The number of rotatable bonds is 2. The van der Waals surface area contributed by atoms with Gasteiger partial charge in [0.25, 0.3) is 5.91 Å². The number of hydrogen-bond donors (Lipinski definition) is 2. The predicted octanol–water partition coefficient (Wildman–Crippen LogP) is 3.23. The van der Waals surface area contributed by atoms with E-state index in [0.29, 0.717) is 48.0 Å². The Hall–Kier alpha value is -1.91. The molecule has 27 heavy (non-hydrogen) atoms. The van der Waals surface area contributed by atoms with Crippen LogP contribution in [0.5, 0.6) is 5.75 Å². The molecular weight excluding hydrogens is 383 g/mol. The number of carbonyl (C=O) groups is 1. The number of fused-ring (bicyclic) bond motifs is 1. The topological polar surface area (TPSA) is 62.8 Å². The zero-order valence-corrected chi connectivity index (χ0v) is 15.3. The number of benzene rings is 1. The van der Waals surface area contributed by atoms with Gasteiger partial charge in [-0.1, -0.05) is 11.8 Å². The summed E-state index contributed by atoms with van der Waals surface area (Å²) in [6.07, 6.45) is -2.70. The van der Waals surface area contributed by atoms with Crippen LogP contribution in [0.2, 0.25) is 0 Å². The van der Waals surface area contributed by atoms with Gasteiger partial charge in [-0.05, 0) is 31.0 Å². The molecule has 0 aromatic heterocycles. The normalized spacial score (nSPS) is 21.6. The van der Waals surface area contributed by atoms with Crippen molar-refractivity contribution in [1.29, 1.82) is 0 Å². The third kappa shape index (κ3) is 3.37. The van der Waals surface area contributed by atoms with Crippen LogP contribution in [-0.4, -0.2) is 43.1 Å². The second-order valence-corrected chi connectivity index (χ2v) is 7.67. The molecule has 4 rings (SSSR count). The van der Waals surface area contributed by atoms with Crippen LogP contribution < -0.4 is 15.5 Å². The van der Waals surface area contributed by atoms with Gasteiger partial charge in [0.15, 0.2) is 0 Å². The fourth-order valence-electron chi connectivity index (χ4n) is 3.79. The highest BCUT2D eigenvalue weighted by molar-refractivity contribution is 8.04. The van der Waals surface area contributed by atoms with Crippen LogP contribution in [0.15, 0.2) is 33.7 Å². The molecular formula is C17H18F3N3O3S. The highest BCUT2D eigenvalue weighted by Crippen LogP contribution is 2.49. The molecule has 146 valence electrons. The zero-order chi connectivity index (χ0) is 19.2. The third-order valence-electron chi connectivity index (χ3n) is 4.98. The average Bonchev–Trinajstić information content (AvgIpc) is 2.60. The Kier molecular flexibility index (Phi) is 4.52. The van der Waals surface area contributed by atoms with Gasteiger partial charge in [0.05, 0.1) is 16.1 Å². The molecule has 3 aliphatic rings. The maximum Gasteiger partial charge on any atom is 0.573 e. The Balaban J connectivity index is 1.65. The van der Waals surface area contributed by atoms with Gasteiger partial charge in [-0.2, -0.15) is 0 Å². The summed E-state index contributed by atoms with van der Waals surface area (Å²) in [5.74, 6) is -0.500. The molecule has 1 aromatic rings. The maximum absolute atomic E-state index is 13.1. The molecule has 10 heteroatoms. The van der Waals surface area contributed by atoms with Crippen molar-refractivity contribution in [2.75, 3.05) is 25.6 Å². The molecule has 0 aliphatic carbocycles. The Labute approximate surface area is 158 Å². The minimum atomic E-state index is -4.76. The molecule has 1 amide bonds. The van der Waals surface area contributed by atoms with Crippen LogP contribution in [-0.2, 0) is 9.53 Å². The molecule has 0 atom stereocenters. The summed E-state index contributed by atoms with van der Waals surface area (Å²) in [5.41, 5.74) is 4.09. The van der Waals surface area contributed by atoms with E-state index in [-0.39, 0.29) is 17.2 Å². The summed E-state index contributed by atoms with van der Waals surface area (Å²) in [6, 6.07) is 4.10. The number of amides is 1. The van der Waals surface area contributed by atoms with Gasteiger partial charge >= 0.3 is 6.36 Å². The number of hydrogen-bond acceptors (Lipinski definition) is 6. The minimum Gasteiger partial charge on any atom is -0.406 e. The summed E-state index contributed by atoms with van der Waals surface area (Å²) < 4.78 is 46.9. The van der Waals surface area contributed by atoms with Crippen molar-refractivity contribution < 1.29 is 27.4 Å². The lowest BCUT2D eigenvalue weighted by molar-refractivity contribution is -0.274. The summed E-state index contributed by atoms with van der Waals surface area (Å²) in [5, 5.41) is 4.88. The highest BCUT2D eigenvalue weighted by Gasteiger charge is 2.48. The molecule has 0 radical (unpaired) electrons. The van der Waals surface area contributed by atoms with E-state index in [1.54, 1.807) is 18.1 Å². The Bertz CT molecular complexity index is 806. The van der Waals surface area contributed by atoms with Crippen LogP contribution in [0.4, 0.5) is 18.9 Å². The Morgan fingerprint density at radius 2 is 2.07 bits per heavy atom. The van der Waals surface area contributed by atoms with Gasteiger partial charge in [0.1, 0.15) is 5.75 Å². The maximum atomic E-state index is 13.1. The molecule has 1 aromatic carbocycles. The van der Waals surface area contributed by atoms with E-state index in [4.69, 9.17) is 4.74 Å². The van der Waals surface area contributed by atoms with E-state index in [1.165, 1.54) is 12.1 Å². The average molecular weight is 401 g/mol. The van der Waals surface area contributed by atoms with Crippen LogP contribution in [0, 0.1) is 0 Å². The number of alkyl halides is 3. The molecule has 0 saturated carbocycles. The van der Waals surface area contributed by atoms with Gasteiger partial charge < -0.3 is 14.8 Å². The number of hydrazine groups is 1. The first-order valence-electron chi connectivity index (χ1n) is 8.49. The summed E-state index contributed by atoms with van der Waals surface area (Å²) in [4.78, 5) is 14.1. The molecule has 1 saturated heterocycles. The number of ether oxygens (including phenoxy) is 2. The van der Waals surface area contributed by atoms with Crippen molar-refractivity contribution in [2.45, 2.75) is 36.1 Å². The van der Waals surface area contributed by atoms with Crippen molar-refractivity contribution in [2.24, 2.45) is 0 Å². The largest absolute Gasteiger partial charge is 0.573 e. The number of anilines is 1. The summed E-state index contributed by atoms with van der Waals surface area (Å²) in [6.45, 7) is 1.16. The van der Waals surface area contributed by atoms with Crippen LogP contribution in [0.25, 0.3) is 0 Å². The van der Waals surface area contributed by atoms with E-state index in [0.717, 1.165) is 17.5 Å². The lowest BCUT2D eigenvalue weighted by atomic mass is 9.82. The van der Waals surface area contributed by atoms with Crippen molar-refractivity contribution in [3.8, 4) is 5.75 Å². The third-order valence-corrected chi connectivity index (χ3v) is 6.17. The predicted molar refractivity (Wildman–Crippen MR) is 92.9 cm³/mol. The first-order chi connectivity index (χ1) is 12.8. The van der Waals surface area contributed by atoms with E-state index >= 15 is 0 Å². The molecule has 1 fully saturated rings. The fraction of sp³-hybridized carbons (Fsp3) is 0.471. The van der Waals surface area contributed by atoms with Gasteiger partial charge in [0.2, 0.25) is 0 Å². The number of nitrogens with zero attached hydrogens (tertiary/aromatic N) is 1. The number of nitrogens with one attached hydrogen (secondary N) is 2. The molecule has 0 unspecified atom stereocenters. The Morgan fingerprint density at radius 3 is 2.74 bits per heavy atom. The van der Waals surface area contributed by atoms with Crippen molar-refractivity contribution in [3.63, 3.8) is 0 Å². The SMILES string of the molecule is CNN1C(=O)C2=C(CC13CCOCC3)Nc1ccc(OC(F)(F)F)cc1S2. The Morgan fingerprint density at radius 1 is 1.33 bits per heavy atom.